The number of benzene rings is 3. The fourth-order valence-corrected chi connectivity index (χ4v) is 4.71. The topological polar surface area (TPSA) is 89.5 Å². The maximum atomic E-state index is 12.8. The van der Waals surface area contributed by atoms with E-state index in [0.29, 0.717) is 27.9 Å². The van der Waals surface area contributed by atoms with E-state index in [1.54, 1.807) is 30.3 Å². The van der Waals surface area contributed by atoms with Crippen molar-refractivity contribution in [2.45, 2.75) is 4.90 Å². The molecule has 0 aliphatic carbocycles. The minimum atomic E-state index is -0.336. The molecule has 0 unspecified atom stereocenters. The Morgan fingerprint density at radius 2 is 1.57 bits per heavy atom. The zero-order valence-corrected chi connectivity index (χ0v) is 20.7. The van der Waals surface area contributed by atoms with Crippen molar-refractivity contribution in [3.63, 3.8) is 0 Å². The molecule has 2 N–H and O–H groups in total. The molecule has 1 aromatic heterocycles. The van der Waals surface area contributed by atoms with Gasteiger partial charge in [0.1, 0.15) is 17.1 Å². The number of thioether (sulfide) groups is 1. The first kappa shape index (κ1) is 24.3. The fraction of sp³-hybridized carbons (Fsp3) is 0.115. The van der Waals surface area contributed by atoms with Gasteiger partial charge in [0.2, 0.25) is 5.91 Å². The number of methoxy groups -OCH3 is 2. The Bertz CT molecular complexity index is 1290. The quantitative estimate of drug-likeness (QED) is 0.279. The van der Waals surface area contributed by atoms with Crippen LogP contribution in [0.2, 0.25) is 0 Å². The van der Waals surface area contributed by atoms with E-state index in [1.165, 1.54) is 37.3 Å². The molecular weight excluding hydrogens is 482 g/mol. The molecule has 0 spiro atoms. The molecule has 0 atom stereocenters. The van der Waals surface area contributed by atoms with Crippen molar-refractivity contribution in [3.05, 3.63) is 83.7 Å². The van der Waals surface area contributed by atoms with Gasteiger partial charge < -0.3 is 20.1 Å². The maximum absolute atomic E-state index is 12.8. The number of carbonyl (C=O) groups is 2. The van der Waals surface area contributed by atoms with E-state index in [9.17, 15) is 9.59 Å². The number of amides is 2. The Labute approximate surface area is 211 Å². The lowest BCUT2D eigenvalue weighted by molar-refractivity contribution is -0.113. The van der Waals surface area contributed by atoms with Crippen LogP contribution in [0.5, 0.6) is 11.5 Å². The van der Waals surface area contributed by atoms with Gasteiger partial charge >= 0.3 is 0 Å². The molecule has 2 amide bonds. The highest BCUT2D eigenvalue weighted by Crippen LogP contribution is 2.30. The Morgan fingerprint density at radius 1 is 0.886 bits per heavy atom. The zero-order valence-electron chi connectivity index (χ0n) is 19.1. The molecule has 1 heterocycles. The number of nitrogens with one attached hydrogen (secondary N) is 2. The third-order valence-electron chi connectivity index (χ3n) is 4.96. The molecule has 0 saturated heterocycles. The lowest BCUT2D eigenvalue weighted by Crippen LogP contribution is -2.14. The standard InChI is InChI=1S/C26H23N3O4S2/c1-32-21-9-6-10-22(33-2)24(21)25(31)27-18-11-13-19(14-12-18)34-16-23(30)29-26-28-20(15-35-26)17-7-4-3-5-8-17/h3-15H,16H2,1-2H3,(H,27,31)(H,28,29,30). The summed E-state index contributed by atoms with van der Waals surface area (Å²) in [5, 5.41) is 8.19. The Hall–Kier alpha value is -3.82. The van der Waals surface area contributed by atoms with Crippen LogP contribution < -0.4 is 20.1 Å². The molecule has 9 heteroatoms. The number of hydrogen-bond acceptors (Lipinski definition) is 7. The summed E-state index contributed by atoms with van der Waals surface area (Å²) in [6, 6.07) is 22.3. The summed E-state index contributed by atoms with van der Waals surface area (Å²) < 4.78 is 10.6. The molecule has 178 valence electrons. The summed E-state index contributed by atoms with van der Waals surface area (Å²) in [6.07, 6.45) is 0. The molecule has 0 bridgehead atoms. The fourth-order valence-electron chi connectivity index (χ4n) is 3.28. The van der Waals surface area contributed by atoms with E-state index in [4.69, 9.17) is 9.47 Å². The Balaban J connectivity index is 1.31. The van der Waals surface area contributed by atoms with Crippen LogP contribution in [0.3, 0.4) is 0 Å². The van der Waals surface area contributed by atoms with E-state index in [1.807, 2.05) is 47.8 Å². The molecule has 35 heavy (non-hydrogen) atoms. The number of ether oxygens (including phenoxy) is 2. The first-order valence-electron chi connectivity index (χ1n) is 10.6. The van der Waals surface area contributed by atoms with Crippen molar-refractivity contribution in [1.82, 2.24) is 4.98 Å². The van der Waals surface area contributed by atoms with Crippen LogP contribution in [0.4, 0.5) is 10.8 Å². The number of rotatable bonds is 9. The van der Waals surface area contributed by atoms with Gasteiger partial charge in [0.15, 0.2) is 5.13 Å². The second-order valence-corrected chi connectivity index (χ2v) is 9.16. The van der Waals surface area contributed by atoms with Gasteiger partial charge in [-0.1, -0.05) is 36.4 Å². The molecule has 0 aliphatic heterocycles. The third-order valence-corrected chi connectivity index (χ3v) is 6.73. The molecule has 7 nitrogen and oxygen atoms in total. The van der Waals surface area contributed by atoms with E-state index in [0.717, 1.165) is 16.2 Å². The van der Waals surface area contributed by atoms with Crippen molar-refractivity contribution >= 4 is 45.7 Å². The van der Waals surface area contributed by atoms with E-state index >= 15 is 0 Å². The van der Waals surface area contributed by atoms with Gasteiger partial charge in [-0.15, -0.1) is 23.1 Å². The van der Waals surface area contributed by atoms with E-state index in [2.05, 4.69) is 15.6 Å². The van der Waals surface area contributed by atoms with Gasteiger partial charge in [-0.3, -0.25) is 9.59 Å². The van der Waals surface area contributed by atoms with Crippen molar-refractivity contribution < 1.29 is 19.1 Å². The lowest BCUT2D eigenvalue weighted by Gasteiger charge is -2.13. The molecule has 3 aromatic carbocycles. The highest BCUT2D eigenvalue weighted by atomic mass is 32.2. The normalized spacial score (nSPS) is 10.5. The molecule has 0 aliphatic rings. The predicted octanol–water partition coefficient (Wildman–Crippen LogP) is 5.81. The molecule has 0 saturated carbocycles. The second-order valence-electron chi connectivity index (χ2n) is 7.26. The van der Waals surface area contributed by atoms with Gasteiger partial charge in [0.25, 0.3) is 5.91 Å². The molecule has 4 aromatic rings. The summed E-state index contributed by atoms with van der Waals surface area (Å²) >= 11 is 2.79. The van der Waals surface area contributed by atoms with Gasteiger partial charge in [0.05, 0.1) is 25.7 Å². The van der Waals surface area contributed by atoms with Crippen LogP contribution in [-0.2, 0) is 4.79 Å². The van der Waals surface area contributed by atoms with E-state index < -0.39 is 0 Å². The van der Waals surface area contributed by atoms with Crippen molar-refractivity contribution in [2.75, 3.05) is 30.6 Å². The van der Waals surface area contributed by atoms with Gasteiger partial charge in [-0.2, -0.15) is 0 Å². The van der Waals surface area contributed by atoms with Crippen LogP contribution in [-0.4, -0.2) is 36.8 Å². The second kappa shape index (κ2) is 11.5. The number of thiazole rings is 1. The Kier molecular flexibility index (Phi) is 8.02. The molecule has 0 radical (unpaired) electrons. The number of hydrogen-bond donors (Lipinski definition) is 2. The van der Waals surface area contributed by atoms with E-state index in [-0.39, 0.29) is 17.6 Å². The lowest BCUT2D eigenvalue weighted by atomic mass is 10.1. The number of carbonyl (C=O) groups excluding carboxylic acids is 2. The summed E-state index contributed by atoms with van der Waals surface area (Å²) in [4.78, 5) is 30.6. The van der Waals surface area contributed by atoms with Crippen molar-refractivity contribution in [2.24, 2.45) is 0 Å². The third kappa shape index (κ3) is 6.20. The molecule has 4 rings (SSSR count). The van der Waals surface area contributed by atoms with Crippen molar-refractivity contribution in [3.8, 4) is 22.8 Å². The Morgan fingerprint density at radius 3 is 2.23 bits per heavy atom. The predicted molar refractivity (Wildman–Crippen MR) is 141 cm³/mol. The van der Waals surface area contributed by atoms with Crippen molar-refractivity contribution in [1.29, 1.82) is 0 Å². The van der Waals surface area contributed by atoms with Gasteiger partial charge in [-0.05, 0) is 36.4 Å². The highest BCUT2D eigenvalue weighted by Gasteiger charge is 2.18. The maximum Gasteiger partial charge on any atom is 0.263 e. The van der Waals surface area contributed by atoms with Crippen LogP contribution in [0.25, 0.3) is 11.3 Å². The summed E-state index contributed by atoms with van der Waals surface area (Å²) in [5.74, 6) is 0.624. The number of nitrogens with zero attached hydrogens (tertiary/aromatic N) is 1. The summed E-state index contributed by atoms with van der Waals surface area (Å²) in [5.41, 5.74) is 2.79. The molecular formula is C26H23N3O4S2. The van der Waals surface area contributed by atoms with Crippen LogP contribution in [0.15, 0.2) is 83.1 Å². The smallest absolute Gasteiger partial charge is 0.263 e. The first-order valence-corrected chi connectivity index (χ1v) is 12.5. The summed E-state index contributed by atoms with van der Waals surface area (Å²) in [7, 11) is 3.01. The van der Waals surface area contributed by atoms with Crippen LogP contribution in [0, 0.1) is 0 Å². The highest BCUT2D eigenvalue weighted by molar-refractivity contribution is 8.00. The average Bonchev–Trinajstić information content (AvgIpc) is 3.36. The monoisotopic (exact) mass is 505 g/mol. The number of aromatic nitrogens is 1. The van der Waals surface area contributed by atoms with Gasteiger partial charge in [-0.25, -0.2) is 4.98 Å². The van der Waals surface area contributed by atoms with Crippen LogP contribution >= 0.6 is 23.1 Å². The molecule has 0 fully saturated rings. The summed E-state index contributed by atoms with van der Waals surface area (Å²) in [6.45, 7) is 0. The average molecular weight is 506 g/mol. The van der Waals surface area contributed by atoms with Crippen LogP contribution in [0.1, 0.15) is 10.4 Å². The largest absolute Gasteiger partial charge is 0.496 e. The zero-order chi connectivity index (χ0) is 24.6. The van der Waals surface area contributed by atoms with Gasteiger partial charge in [0, 0.05) is 21.5 Å². The minimum Gasteiger partial charge on any atom is -0.496 e. The number of anilines is 2. The SMILES string of the molecule is COc1cccc(OC)c1C(=O)Nc1ccc(SCC(=O)Nc2nc(-c3ccccc3)cs2)cc1. The minimum absolute atomic E-state index is 0.135. The first-order chi connectivity index (χ1) is 17.1.